The molecule has 2 aromatic carbocycles. The zero-order chi connectivity index (χ0) is 12.4. The Morgan fingerprint density at radius 3 is 2.65 bits per heavy atom. The van der Waals surface area contributed by atoms with Gasteiger partial charge in [0.1, 0.15) is 5.75 Å². The lowest BCUT2D eigenvalue weighted by atomic mass is 10.00. The number of rotatable bonds is 2. The van der Waals surface area contributed by atoms with Gasteiger partial charge in [-0.3, -0.25) is 0 Å². The van der Waals surface area contributed by atoms with Crippen molar-refractivity contribution in [2.24, 2.45) is 0 Å². The third kappa shape index (κ3) is 2.09. The molecule has 0 fully saturated rings. The van der Waals surface area contributed by atoms with E-state index in [1.807, 2.05) is 19.1 Å². The van der Waals surface area contributed by atoms with Crippen LogP contribution >= 0.6 is 15.9 Å². The number of methoxy groups -OCH3 is 1. The molecule has 0 saturated carbocycles. The third-order valence-corrected chi connectivity index (χ3v) is 3.56. The summed E-state index contributed by atoms with van der Waals surface area (Å²) >= 11 is 3.58. The molecule has 0 unspecified atom stereocenters. The maximum absolute atomic E-state index is 5.57. The van der Waals surface area contributed by atoms with Crippen LogP contribution in [0.5, 0.6) is 5.75 Å². The second-order valence-electron chi connectivity index (χ2n) is 3.98. The lowest BCUT2D eigenvalue weighted by molar-refractivity contribution is 0.418. The lowest BCUT2D eigenvalue weighted by Crippen LogP contribution is -1.92. The van der Waals surface area contributed by atoms with Gasteiger partial charge in [-0.25, -0.2) is 0 Å². The van der Waals surface area contributed by atoms with Crippen LogP contribution in [0.2, 0.25) is 0 Å². The molecule has 0 radical (unpaired) electrons. The quantitative estimate of drug-likeness (QED) is 0.760. The van der Waals surface area contributed by atoms with Gasteiger partial charge in [-0.1, -0.05) is 40.2 Å². The Bertz CT molecular complexity index is 585. The van der Waals surface area contributed by atoms with E-state index in [2.05, 4.69) is 47.1 Å². The average Bonchev–Trinajstić information content (AvgIpc) is 2.32. The van der Waals surface area contributed by atoms with E-state index in [0.717, 1.165) is 21.2 Å². The maximum Gasteiger partial charge on any atom is 0.134 e. The van der Waals surface area contributed by atoms with E-state index < -0.39 is 0 Å². The number of benzene rings is 2. The Kier molecular flexibility index (Phi) is 3.53. The minimum absolute atomic E-state index is 0.944. The fourth-order valence-electron chi connectivity index (χ4n) is 2.09. The van der Waals surface area contributed by atoms with Gasteiger partial charge in [0, 0.05) is 15.4 Å². The second kappa shape index (κ2) is 4.92. The smallest absolute Gasteiger partial charge is 0.134 e. The molecule has 0 amide bonds. The number of hydrogen-bond acceptors (Lipinski definition) is 1. The van der Waals surface area contributed by atoms with Crippen LogP contribution in [0.3, 0.4) is 0 Å². The van der Waals surface area contributed by atoms with Gasteiger partial charge in [0.25, 0.3) is 0 Å². The highest BCUT2D eigenvalue weighted by molar-refractivity contribution is 9.10. The van der Waals surface area contributed by atoms with E-state index in [1.165, 1.54) is 10.9 Å². The summed E-state index contributed by atoms with van der Waals surface area (Å²) in [5.41, 5.74) is 2.37. The van der Waals surface area contributed by atoms with Crippen LogP contribution in [0, 0.1) is 6.92 Å². The Balaban J connectivity index is 2.90. The van der Waals surface area contributed by atoms with Crippen molar-refractivity contribution < 1.29 is 4.74 Å². The first-order chi connectivity index (χ1) is 8.19. The van der Waals surface area contributed by atoms with Gasteiger partial charge in [0.05, 0.1) is 7.11 Å². The molecule has 0 heterocycles. The van der Waals surface area contributed by atoms with Crippen LogP contribution in [0.25, 0.3) is 16.8 Å². The molecule has 17 heavy (non-hydrogen) atoms. The number of allylic oxidation sites excluding steroid dienone is 1. The fraction of sp³-hybridized carbons (Fsp3) is 0.200. The summed E-state index contributed by atoms with van der Waals surface area (Å²) in [4.78, 5) is 0. The van der Waals surface area contributed by atoms with Gasteiger partial charge in [-0.2, -0.15) is 0 Å². The van der Waals surface area contributed by atoms with Gasteiger partial charge in [-0.15, -0.1) is 0 Å². The van der Waals surface area contributed by atoms with Crippen LogP contribution in [-0.2, 0) is 0 Å². The number of halogens is 1. The molecule has 2 heteroatoms. The van der Waals surface area contributed by atoms with Gasteiger partial charge in [0.2, 0.25) is 0 Å². The normalized spacial score (nSPS) is 11.3. The summed E-state index contributed by atoms with van der Waals surface area (Å²) in [6.45, 7) is 4.13. The van der Waals surface area contributed by atoms with Gasteiger partial charge >= 0.3 is 0 Å². The van der Waals surface area contributed by atoms with Crippen molar-refractivity contribution in [2.75, 3.05) is 7.11 Å². The highest BCUT2D eigenvalue weighted by atomic mass is 79.9. The zero-order valence-corrected chi connectivity index (χ0v) is 11.8. The SMILES string of the molecule is CC=Cc1c(C)cc2c(Br)cccc2c1OC. The van der Waals surface area contributed by atoms with Crippen LogP contribution < -0.4 is 4.74 Å². The molecule has 1 nitrogen and oxygen atoms in total. The maximum atomic E-state index is 5.57. The number of aryl methyl sites for hydroxylation is 1. The molecule has 0 aliphatic heterocycles. The van der Waals surface area contributed by atoms with Crippen molar-refractivity contribution >= 4 is 32.8 Å². The Labute approximate surface area is 110 Å². The summed E-state index contributed by atoms with van der Waals surface area (Å²) in [6.07, 6.45) is 4.13. The summed E-state index contributed by atoms with van der Waals surface area (Å²) < 4.78 is 6.68. The van der Waals surface area contributed by atoms with Crippen LogP contribution in [0.15, 0.2) is 34.8 Å². The molecule has 2 rings (SSSR count). The molecule has 0 aliphatic carbocycles. The Morgan fingerprint density at radius 1 is 1.24 bits per heavy atom. The van der Waals surface area contributed by atoms with Crippen molar-refractivity contribution in [1.82, 2.24) is 0 Å². The summed E-state index contributed by atoms with van der Waals surface area (Å²) in [5.74, 6) is 0.944. The molecule has 2 aromatic rings. The highest BCUT2D eigenvalue weighted by Crippen LogP contribution is 2.36. The zero-order valence-electron chi connectivity index (χ0n) is 10.3. The summed E-state index contributed by atoms with van der Waals surface area (Å²) in [5, 5.41) is 2.33. The summed E-state index contributed by atoms with van der Waals surface area (Å²) in [7, 11) is 1.72. The van der Waals surface area contributed by atoms with Crippen molar-refractivity contribution in [3.63, 3.8) is 0 Å². The van der Waals surface area contributed by atoms with Crippen molar-refractivity contribution in [3.8, 4) is 5.75 Å². The monoisotopic (exact) mass is 290 g/mol. The topological polar surface area (TPSA) is 9.23 Å². The first kappa shape index (κ1) is 12.2. The minimum atomic E-state index is 0.944. The molecular formula is C15H15BrO. The second-order valence-corrected chi connectivity index (χ2v) is 4.83. The van der Waals surface area contributed by atoms with Crippen molar-refractivity contribution in [3.05, 3.63) is 45.9 Å². The molecule has 0 saturated heterocycles. The fourth-order valence-corrected chi connectivity index (χ4v) is 2.57. The van der Waals surface area contributed by atoms with Crippen molar-refractivity contribution in [1.29, 1.82) is 0 Å². The largest absolute Gasteiger partial charge is 0.495 e. The molecule has 0 aliphatic rings. The molecular weight excluding hydrogens is 276 g/mol. The van der Waals surface area contributed by atoms with E-state index >= 15 is 0 Å². The van der Waals surface area contributed by atoms with E-state index in [-0.39, 0.29) is 0 Å². The molecule has 88 valence electrons. The van der Waals surface area contributed by atoms with E-state index in [0.29, 0.717) is 0 Å². The van der Waals surface area contributed by atoms with Crippen LogP contribution in [0.4, 0.5) is 0 Å². The first-order valence-corrected chi connectivity index (χ1v) is 6.37. The van der Waals surface area contributed by atoms with E-state index in [1.54, 1.807) is 7.11 Å². The van der Waals surface area contributed by atoms with E-state index in [4.69, 9.17) is 4.74 Å². The molecule has 0 bridgehead atoms. The van der Waals surface area contributed by atoms with Crippen LogP contribution in [0.1, 0.15) is 18.1 Å². The summed E-state index contributed by atoms with van der Waals surface area (Å²) in [6, 6.07) is 8.36. The Morgan fingerprint density at radius 2 is 2.00 bits per heavy atom. The first-order valence-electron chi connectivity index (χ1n) is 5.57. The molecule has 0 N–H and O–H groups in total. The van der Waals surface area contributed by atoms with Gasteiger partial charge < -0.3 is 4.74 Å². The van der Waals surface area contributed by atoms with Gasteiger partial charge in [0.15, 0.2) is 0 Å². The van der Waals surface area contributed by atoms with Crippen LogP contribution in [-0.4, -0.2) is 7.11 Å². The lowest BCUT2D eigenvalue weighted by Gasteiger charge is -2.13. The number of ether oxygens (including phenoxy) is 1. The number of fused-ring (bicyclic) bond motifs is 1. The highest BCUT2D eigenvalue weighted by Gasteiger charge is 2.10. The Hall–Kier alpha value is -1.28. The minimum Gasteiger partial charge on any atom is -0.495 e. The third-order valence-electron chi connectivity index (χ3n) is 2.87. The molecule has 0 aromatic heterocycles. The predicted molar refractivity (Wildman–Crippen MR) is 77.6 cm³/mol. The molecule has 0 spiro atoms. The number of hydrogen-bond donors (Lipinski definition) is 0. The van der Waals surface area contributed by atoms with E-state index in [9.17, 15) is 0 Å². The standard InChI is InChI=1S/C15H15BrO/c1-4-6-11-10(2)9-13-12(15(11)17-3)7-5-8-14(13)16/h4-9H,1-3H3. The van der Waals surface area contributed by atoms with Crippen molar-refractivity contribution in [2.45, 2.75) is 13.8 Å². The average molecular weight is 291 g/mol. The molecule has 0 atom stereocenters. The predicted octanol–water partition coefficient (Wildman–Crippen LogP) is 4.95. The van der Waals surface area contributed by atoms with Gasteiger partial charge in [-0.05, 0) is 36.9 Å².